The van der Waals surface area contributed by atoms with Crippen LogP contribution in [0.25, 0.3) is 0 Å². The fourth-order valence-electron chi connectivity index (χ4n) is 2.28. The molecular weight excluding hydrogens is 252 g/mol. The topological polar surface area (TPSA) is 41.9 Å². The average Bonchev–Trinajstić information content (AvgIpc) is 2.65. The molecule has 1 atom stereocenters. The first-order valence-corrected chi connectivity index (χ1v) is 7.22. The highest BCUT2D eigenvalue weighted by Crippen LogP contribution is 2.14. The van der Waals surface area contributed by atoms with Crippen LogP contribution in [0.3, 0.4) is 0 Å². The maximum atomic E-state index is 11.9. The van der Waals surface area contributed by atoms with Crippen molar-refractivity contribution in [3.63, 3.8) is 0 Å². The summed E-state index contributed by atoms with van der Waals surface area (Å²) >= 11 is 0. The number of hydrogen-bond acceptors (Lipinski definition) is 3. The first-order chi connectivity index (χ1) is 9.66. The lowest BCUT2D eigenvalue weighted by atomic mass is 10.2. The number of oxime groups is 1. The second-order valence-corrected chi connectivity index (χ2v) is 5.25. The average molecular weight is 274 g/mol. The molecule has 1 aliphatic rings. The minimum Gasteiger partial charge on any atom is -0.371 e. The van der Waals surface area contributed by atoms with Gasteiger partial charge < -0.3 is 9.74 Å². The van der Waals surface area contributed by atoms with E-state index < -0.39 is 0 Å². The number of rotatable bonds is 4. The van der Waals surface area contributed by atoms with E-state index in [1.165, 1.54) is 5.56 Å². The molecule has 0 saturated carbocycles. The minimum atomic E-state index is -0.303. The number of aryl methyl sites for hydroxylation is 1. The van der Waals surface area contributed by atoms with Crippen LogP contribution < -0.4 is 0 Å². The van der Waals surface area contributed by atoms with Crippen LogP contribution >= 0.6 is 0 Å². The lowest BCUT2D eigenvalue weighted by Crippen LogP contribution is -2.39. The summed E-state index contributed by atoms with van der Waals surface area (Å²) in [5, 5.41) is 3.99. The standard InChI is InChI=1S/C16H22N2O2/c1-13-7-9-15(10-8-13)12-17-20-14(2)18-11-5-3-4-6-16(18)19/h7-10,12,14H,3-6,11H2,1-2H3/b17-12+. The van der Waals surface area contributed by atoms with E-state index in [1.54, 1.807) is 11.1 Å². The molecule has 2 rings (SSSR count). The summed E-state index contributed by atoms with van der Waals surface area (Å²) in [6, 6.07) is 8.04. The molecule has 108 valence electrons. The SMILES string of the molecule is Cc1ccc(/C=N/OC(C)N2CCCCCC2=O)cc1. The number of amides is 1. The van der Waals surface area contributed by atoms with Crippen LogP contribution in [0.5, 0.6) is 0 Å². The van der Waals surface area contributed by atoms with Gasteiger partial charge in [0.25, 0.3) is 0 Å². The molecule has 4 nitrogen and oxygen atoms in total. The van der Waals surface area contributed by atoms with Crippen LogP contribution in [0.4, 0.5) is 0 Å². The highest BCUT2D eigenvalue weighted by atomic mass is 16.6. The van der Waals surface area contributed by atoms with E-state index in [2.05, 4.69) is 5.16 Å². The number of nitrogens with zero attached hydrogens (tertiary/aromatic N) is 2. The minimum absolute atomic E-state index is 0.167. The zero-order valence-corrected chi connectivity index (χ0v) is 12.2. The number of carbonyl (C=O) groups is 1. The van der Waals surface area contributed by atoms with Crippen molar-refractivity contribution >= 4 is 12.1 Å². The lowest BCUT2D eigenvalue weighted by molar-refractivity contribution is -0.143. The Hall–Kier alpha value is -1.84. The van der Waals surface area contributed by atoms with Crippen molar-refractivity contribution in [2.45, 2.75) is 45.8 Å². The monoisotopic (exact) mass is 274 g/mol. The molecule has 0 radical (unpaired) electrons. The molecule has 1 aromatic rings. The van der Waals surface area contributed by atoms with Crippen LogP contribution in [0.15, 0.2) is 29.4 Å². The van der Waals surface area contributed by atoms with Gasteiger partial charge in [-0.1, -0.05) is 41.4 Å². The van der Waals surface area contributed by atoms with Gasteiger partial charge in [0.15, 0.2) is 6.23 Å². The second-order valence-electron chi connectivity index (χ2n) is 5.25. The van der Waals surface area contributed by atoms with Gasteiger partial charge >= 0.3 is 0 Å². The third-order valence-electron chi connectivity index (χ3n) is 3.54. The van der Waals surface area contributed by atoms with Crippen molar-refractivity contribution in [1.82, 2.24) is 4.90 Å². The fourth-order valence-corrected chi connectivity index (χ4v) is 2.28. The molecule has 0 N–H and O–H groups in total. The summed E-state index contributed by atoms with van der Waals surface area (Å²) in [6.45, 7) is 4.68. The van der Waals surface area contributed by atoms with Gasteiger partial charge in [-0.15, -0.1) is 0 Å². The van der Waals surface area contributed by atoms with Crippen molar-refractivity contribution in [1.29, 1.82) is 0 Å². The number of likely N-dealkylation sites (tertiary alicyclic amines) is 1. The van der Waals surface area contributed by atoms with E-state index in [0.29, 0.717) is 6.42 Å². The molecule has 0 spiro atoms. The molecule has 1 unspecified atom stereocenters. The molecule has 1 heterocycles. The van der Waals surface area contributed by atoms with Gasteiger partial charge in [0.1, 0.15) is 0 Å². The first-order valence-electron chi connectivity index (χ1n) is 7.22. The van der Waals surface area contributed by atoms with Crippen LogP contribution in [0.1, 0.15) is 43.7 Å². The van der Waals surface area contributed by atoms with Gasteiger partial charge in [-0.25, -0.2) is 0 Å². The summed E-state index contributed by atoms with van der Waals surface area (Å²) in [4.78, 5) is 19.1. The maximum absolute atomic E-state index is 11.9. The van der Waals surface area contributed by atoms with Crippen LogP contribution in [-0.4, -0.2) is 29.8 Å². The van der Waals surface area contributed by atoms with E-state index in [1.807, 2.05) is 38.1 Å². The maximum Gasteiger partial charge on any atom is 0.225 e. The van der Waals surface area contributed by atoms with E-state index in [-0.39, 0.29) is 12.1 Å². The Bertz CT molecular complexity index is 468. The predicted molar refractivity (Wildman–Crippen MR) is 79.5 cm³/mol. The Kier molecular flexibility index (Phi) is 5.16. The Balaban J connectivity index is 1.88. The van der Waals surface area contributed by atoms with Gasteiger partial charge in [0.05, 0.1) is 6.21 Å². The molecule has 0 aliphatic carbocycles. The first kappa shape index (κ1) is 14.6. The van der Waals surface area contributed by atoms with Crippen LogP contribution in [0.2, 0.25) is 0 Å². The Morgan fingerprint density at radius 2 is 2.00 bits per heavy atom. The van der Waals surface area contributed by atoms with Crippen molar-refractivity contribution in [3.05, 3.63) is 35.4 Å². The number of benzene rings is 1. The quantitative estimate of drug-likeness (QED) is 0.625. The second kappa shape index (κ2) is 7.08. The van der Waals surface area contributed by atoms with Gasteiger partial charge in [-0.05, 0) is 32.3 Å². The molecule has 1 aliphatic heterocycles. The molecule has 4 heteroatoms. The van der Waals surface area contributed by atoms with E-state index in [4.69, 9.17) is 4.84 Å². The number of carbonyl (C=O) groups excluding carboxylic acids is 1. The van der Waals surface area contributed by atoms with Gasteiger partial charge in [0.2, 0.25) is 5.91 Å². The van der Waals surface area contributed by atoms with Crippen molar-refractivity contribution in [2.24, 2.45) is 5.16 Å². The summed E-state index contributed by atoms with van der Waals surface area (Å²) in [7, 11) is 0. The molecule has 1 fully saturated rings. The Labute approximate surface area is 120 Å². The predicted octanol–water partition coefficient (Wildman–Crippen LogP) is 3.09. The van der Waals surface area contributed by atoms with Crippen molar-refractivity contribution < 1.29 is 9.63 Å². The molecule has 20 heavy (non-hydrogen) atoms. The molecular formula is C16H22N2O2. The summed E-state index contributed by atoms with van der Waals surface area (Å²) in [5.41, 5.74) is 2.21. The zero-order valence-electron chi connectivity index (χ0n) is 12.2. The fraction of sp³-hybridized carbons (Fsp3) is 0.500. The third-order valence-corrected chi connectivity index (χ3v) is 3.54. The van der Waals surface area contributed by atoms with E-state index in [9.17, 15) is 4.79 Å². The summed E-state index contributed by atoms with van der Waals surface area (Å²) in [5.74, 6) is 0.167. The van der Waals surface area contributed by atoms with Crippen LogP contribution in [0, 0.1) is 6.92 Å². The Morgan fingerprint density at radius 1 is 1.25 bits per heavy atom. The number of hydrogen-bond donors (Lipinski definition) is 0. The lowest BCUT2D eigenvalue weighted by Gasteiger charge is -2.25. The van der Waals surface area contributed by atoms with Crippen LogP contribution in [-0.2, 0) is 9.63 Å². The Morgan fingerprint density at radius 3 is 2.75 bits per heavy atom. The zero-order chi connectivity index (χ0) is 14.4. The smallest absolute Gasteiger partial charge is 0.225 e. The molecule has 0 bridgehead atoms. The van der Waals surface area contributed by atoms with Gasteiger partial charge in [-0.3, -0.25) is 4.79 Å². The largest absolute Gasteiger partial charge is 0.371 e. The summed E-state index contributed by atoms with van der Waals surface area (Å²) in [6.07, 6.45) is 5.13. The third kappa shape index (κ3) is 4.08. The van der Waals surface area contributed by atoms with Gasteiger partial charge in [-0.2, -0.15) is 0 Å². The highest BCUT2D eigenvalue weighted by molar-refractivity contribution is 5.79. The molecule has 1 saturated heterocycles. The molecule has 1 amide bonds. The molecule has 0 aromatic heterocycles. The molecule has 1 aromatic carbocycles. The normalized spacial score (nSPS) is 18.1. The van der Waals surface area contributed by atoms with Crippen molar-refractivity contribution in [2.75, 3.05) is 6.54 Å². The summed E-state index contributed by atoms with van der Waals surface area (Å²) < 4.78 is 0. The van der Waals surface area contributed by atoms with Gasteiger partial charge in [0, 0.05) is 13.0 Å². The van der Waals surface area contributed by atoms with Crippen molar-refractivity contribution in [3.8, 4) is 0 Å². The van der Waals surface area contributed by atoms with E-state index >= 15 is 0 Å². The highest BCUT2D eigenvalue weighted by Gasteiger charge is 2.22. The van der Waals surface area contributed by atoms with E-state index in [0.717, 1.165) is 31.4 Å².